The number of benzene rings is 1. The molecule has 0 fully saturated rings. The van der Waals surface area contributed by atoms with Gasteiger partial charge in [0.1, 0.15) is 10.8 Å². The summed E-state index contributed by atoms with van der Waals surface area (Å²) in [6, 6.07) is 4.85. The van der Waals surface area contributed by atoms with Gasteiger partial charge < -0.3 is 5.32 Å². The minimum atomic E-state index is -0.331. The van der Waals surface area contributed by atoms with Gasteiger partial charge in [0.05, 0.1) is 16.3 Å². The molecule has 0 saturated carbocycles. The van der Waals surface area contributed by atoms with Crippen LogP contribution in [0.1, 0.15) is 32.0 Å². The summed E-state index contributed by atoms with van der Waals surface area (Å²) < 4.78 is 13.8. The summed E-state index contributed by atoms with van der Waals surface area (Å²) in [5.41, 5.74) is 1.32. The van der Waals surface area contributed by atoms with Crippen molar-refractivity contribution in [2.45, 2.75) is 26.3 Å². The minimum absolute atomic E-state index is 0.162. The molecule has 1 heterocycles. The van der Waals surface area contributed by atoms with Crippen molar-refractivity contribution in [1.29, 1.82) is 0 Å². The minimum Gasteiger partial charge on any atom is -0.309 e. The third kappa shape index (κ3) is 3.32. The first-order chi connectivity index (χ1) is 9.13. The van der Waals surface area contributed by atoms with Crippen LogP contribution in [0.5, 0.6) is 0 Å². The van der Waals surface area contributed by atoms with Crippen molar-refractivity contribution in [2.75, 3.05) is 6.54 Å². The predicted molar refractivity (Wildman–Crippen MR) is 79.2 cm³/mol. The maximum absolute atomic E-state index is 13.8. The Morgan fingerprint density at radius 2 is 2.26 bits per heavy atom. The molecule has 0 aliphatic carbocycles. The molecular weight excluding hydrogens is 283 g/mol. The smallest absolute Gasteiger partial charge is 0.134 e. The fourth-order valence-electron chi connectivity index (χ4n) is 1.77. The third-order valence-electron chi connectivity index (χ3n) is 2.84. The second kappa shape index (κ2) is 6.46. The first-order valence-corrected chi connectivity index (χ1v) is 7.52. The Kier molecular flexibility index (Phi) is 4.91. The molecule has 1 aromatic heterocycles. The molecular formula is C14H16ClFN2S. The summed E-state index contributed by atoms with van der Waals surface area (Å²) in [6.07, 6.45) is 1.07. The Balaban J connectivity index is 2.26. The van der Waals surface area contributed by atoms with Crippen LogP contribution in [0.4, 0.5) is 4.39 Å². The summed E-state index contributed by atoms with van der Waals surface area (Å²) in [6.45, 7) is 5.11. The Labute approximate surface area is 121 Å². The highest BCUT2D eigenvalue weighted by Crippen LogP contribution is 2.33. The molecule has 1 aromatic carbocycles. The molecule has 0 spiro atoms. The van der Waals surface area contributed by atoms with Crippen LogP contribution in [0.3, 0.4) is 0 Å². The lowest BCUT2D eigenvalue weighted by Gasteiger charge is -2.09. The summed E-state index contributed by atoms with van der Waals surface area (Å²) >= 11 is 7.46. The van der Waals surface area contributed by atoms with Gasteiger partial charge in [0.25, 0.3) is 0 Å². The monoisotopic (exact) mass is 298 g/mol. The van der Waals surface area contributed by atoms with Crippen LogP contribution >= 0.6 is 22.9 Å². The lowest BCUT2D eigenvalue weighted by molar-refractivity contribution is 0.561. The Morgan fingerprint density at radius 3 is 2.95 bits per heavy atom. The van der Waals surface area contributed by atoms with E-state index in [1.54, 1.807) is 12.1 Å². The standard InChI is InChI=1S/C14H16ClFN2S/c1-3-7-17-9(2)12-8-19-14(18-12)13-10(15)5-4-6-11(13)16/h4-6,8-9,17H,3,7H2,1-2H3. The summed E-state index contributed by atoms with van der Waals surface area (Å²) in [7, 11) is 0. The van der Waals surface area contributed by atoms with Crippen molar-refractivity contribution < 1.29 is 4.39 Å². The zero-order valence-corrected chi connectivity index (χ0v) is 12.5. The zero-order valence-electron chi connectivity index (χ0n) is 10.9. The average molecular weight is 299 g/mol. The Hall–Kier alpha value is -0.970. The van der Waals surface area contributed by atoms with Crippen LogP contribution < -0.4 is 5.32 Å². The van der Waals surface area contributed by atoms with E-state index in [0.717, 1.165) is 18.7 Å². The van der Waals surface area contributed by atoms with Gasteiger partial charge in [0.2, 0.25) is 0 Å². The maximum atomic E-state index is 13.8. The molecule has 2 nitrogen and oxygen atoms in total. The highest BCUT2D eigenvalue weighted by atomic mass is 35.5. The highest BCUT2D eigenvalue weighted by Gasteiger charge is 2.15. The van der Waals surface area contributed by atoms with Crippen LogP contribution in [0.25, 0.3) is 10.6 Å². The van der Waals surface area contributed by atoms with Gasteiger partial charge >= 0.3 is 0 Å². The van der Waals surface area contributed by atoms with E-state index in [1.165, 1.54) is 17.4 Å². The van der Waals surface area contributed by atoms with E-state index in [0.29, 0.717) is 15.6 Å². The molecule has 19 heavy (non-hydrogen) atoms. The van der Waals surface area contributed by atoms with Gasteiger partial charge in [-0.1, -0.05) is 24.6 Å². The Morgan fingerprint density at radius 1 is 1.47 bits per heavy atom. The number of nitrogens with one attached hydrogen (secondary N) is 1. The normalized spacial score (nSPS) is 12.6. The van der Waals surface area contributed by atoms with Gasteiger partial charge in [-0.3, -0.25) is 0 Å². The Bertz CT molecular complexity index is 536. The van der Waals surface area contributed by atoms with Gasteiger partial charge in [-0.2, -0.15) is 0 Å². The molecule has 5 heteroatoms. The SMILES string of the molecule is CCCNC(C)c1csc(-c2c(F)cccc2Cl)n1. The molecule has 0 bridgehead atoms. The number of halogens is 2. The van der Waals surface area contributed by atoms with Gasteiger partial charge in [-0.15, -0.1) is 11.3 Å². The van der Waals surface area contributed by atoms with Crippen LogP contribution in [0, 0.1) is 5.82 Å². The second-order valence-corrected chi connectivity index (χ2v) is 5.62. The molecule has 1 unspecified atom stereocenters. The van der Waals surface area contributed by atoms with Gasteiger partial charge in [-0.05, 0) is 32.0 Å². The van der Waals surface area contributed by atoms with E-state index in [4.69, 9.17) is 11.6 Å². The van der Waals surface area contributed by atoms with Crippen molar-refractivity contribution >= 4 is 22.9 Å². The molecule has 0 aliphatic rings. The lowest BCUT2D eigenvalue weighted by Crippen LogP contribution is -2.19. The van der Waals surface area contributed by atoms with E-state index in [2.05, 4.69) is 24.1 Å². The van der Waals surface area contributed by atoms with Crippen molar-refractivity contribution in [3.8, 4) is 10.6 Å². The molecule has 1 N–H and O–H groups in total. The molecule has 0 aliphatic heterocycles. The van der Waals surface area contributed by atoms with E-state index < -0.39 is 0 Å². The summed E-state index contributed by atoms with van der Waals surface area (Å²) in [5.74, 6) is -0.331. The molecule has 0 amide bonds. The first kappa shape index (κ1) is 14.4. The van der Waals surface area contributed by atoms with Crippen LogP contribution in [-0.2, 0) is 0 Å². The predicted octanol–water partition coefficient (Wildman–Crippen LogP) is 4.66. The van der Waals surface area contributed by atoms with E-state index in [1.807, 2.05) is 5.38 Å². The molecule has 2 rings (SSSR count). The number of thiazole rings is 1. The second-order valence-electron chi connectivity index (χ2n) is 4.35. The summed E-state index contributed by atoms with van der Waals surface area (Å²) in [4.78, 5) is 4.49. The van der Waals surface area contributed by atoms with Crippen molar-refractivity contribution in [3.63, 3.8) is 0 Å². The number of aromatic nitrogens is 1. The van der Waals surface area contributed by atoms with Crippen LogP contribution in [0.15, 0.2) is 23.6 Å². The topological polar surface area (TPSA) is 24.9 Å². The van der Waals surface area contributed by atoms with Gasteiger partial charge in [-0.25, -0.2) is 9.37 Å². The van der Waals surface area contributed by atoms with Crippen LogP contribution in [-0.4, -0.2) is 11.5 Å². The molecule has 0 saturated heterocycles. The zero-order chi connectivity index (χ0) is 13.8. The molecule has 0 radical (unpaired) electrons. The van der Waals surface area contributed by atoms with Gasteiger partial charge in [0, 0.05) is 11.4 Å². The number of hydrogen-bond acceptors (Lipinski definition) is 3. The molecule has 1 atom stereocenters. The largest absolute Gasteiger partial charge is 0.309 e. The third-order valence-corrected chi connectivity index (χ3v) is 4.04. The molecule has 2 aromatic rings. The number of hydrogen-bond donors (Lipinski definition) is 1. The fourth-order valence-corrected chi connectivity index (χ4v) is 3.05. The van der Waals surface area contributed by atoms with Gasteiger partial charge in [0.15, 0.2) is 0 Å². The van der Waals surface area contributed by atoms with Crippen molar-refractivity contribution in [2.24, 2.45) is 0 Å². The van der Waals surface area contributed by atoms with E-state index in [-0.39, 0.29) is 11.9 Å². The summed E-state index contributed by atoms with van der Waals surface area (Å²) in [5, 5.41) is 6.34. The average Bonchev–Trinajstić information content (AvgIpc) is 2.85. The van der Waals surface area contributed by atoms with E-state index in [9.17, 15) is 4.39 Å². The fraction of sp³-hybridized carbons (Fsp3) is 0.357. The number of nitrogens with zero attached hydrogens (tertiary/aromatic N) is 1. The quantitative estimate of drug-likeness (QED) is 0.868. The van der Waals surface area contributed by atoms with Crippen molar-refractivity contribution in [3.05, 3.63) is 40.1 Å². The van der Waals surface area contributed by atoms with E-state index >= 15 is 0 Å². The maximum Gasteiger partial charge on any atom is 0.134 e. The first-order valence-electron chi connectivity index (χ1n) is 6.26. The molecule has 102 valence electrons. The number of rotatable bonds is 5. The van der Waals surface area contributed by atoms with Crippen molar-refractivity contribution in [1.82, 2.24) is 10.3 Å². The highest BCUT2D eigenvalue weighted by molar-refractivity contribution is 7.13. The van der Waals surface area contributed by atoms with Crippen LogP contribution in [0.2, 0.25) is 5.02 Å². The lowest BCUT2D eigenvalue weighted by atomic mass is 10.2.